The summed E-state index contributed by atoms with van der Waals surface area (Å²) in [6.07, 6.45) is 6.60. The lowest BCUT2D eigenvalue weighted by atomic mass is 10.0. The van der Waals surface area contributed by atoms with Crippen LogP contribution in [0.4, 0.5) is 0 Å². The van der Waals surface area contributed by atoms with Crippen LogP contribution in [0, 0.1) is 5.92 Å². The minimum Gasteiger partial charge on any atom is -0.330 e. The lowest BCUT2D eigenvalue weighted by molar-refractivity contribution is 0.480. The topological polar surface area (TPSA) is 26.0 Å². The van der Waals surface area contributed by atoms with Crippen LogP contribution >= 0.6 is 0 Å². The second kappa shape index (κ2) is 7.07. The highest BCUT2D eigenvalue weighted by atomic mass is 14.5. The van der Waals surface area contributed by atoms with Gasteiger partial charge in [-0.3, -0.25) is 0 Å². The molecule has 0 fully saturated rings. The molecule has 1 nitrogen and oxygen atoms in total. The molecule has 0 aromatic rings. The van der Waals surface area contributed by atoms with Gasteiger partial charge in [-0.1, -0.05) is 39.5 Å². The van der Waals surface area contributed by atoms with Crippen molar-refractivity contribution in [2.24, 2.45) is 11.7 Å². The Kier molecular flexibility index (Phi) is 7.04. The van der Waals surface area contributed by atoms with Crippen molar-refractivity contribution in [3.8, 4) is 0 Å². The van der Waals surface area contributed by atoms with E-state index in [-0.39, 0.29) is 0 Å². The number of hydrogen-bond donors (Lipinski definition) is 1. The van der Waals surface area contributed by atoms with Crippen molar-refractivity contribution < 1.29 is 0 Å². The minimum absolute atomic E-state index is 0.862. The van der Waals surface area contributed by atoms with Crippen LogP contribution < -0.4 is 5.73 Å². The fraction of sp³-hybridized carbons (Fsp3) is 1.00. The lowest BCUT2D eigenvalue weighted by Gasteiger charge is -2.06. The SMILES string of the molecule is CC[C@@H](C)CCCCCN. The number of nitrogens with two attached hydrogens (primary N) is 1. The molecule has 0 saturated carbocycles. The molecule has 62 valence electrons. The average Bonchev–Trinajstić information content (AvgIpc) is 1.98. The molecule has 0 aromatic heterocycles. The first kappa shape index (κ1) is 9.96. The fourth-order valence-corrected chi connectivity index (χ4v) is 1.02. The van der Waals surface area contributed by atoms with Crippen LogP contribution in [-0.4, -0.2) is 6.54 Å². The minimum atomic E-state index is 0.862. The maximum absolute atomic E-state index is 5.38. The van der Waals surface area contributed by atoms with Gasteiger partial charge in [-0.15, -0.1) is 0 Å². The Morgan fingerprint density at radius 1 is 1.20 bits per heavy atom. The molecule has 0 aliphatic carbocycles. The molecule has 0 spiro atoms. The molecular formula is C9H21N. The Hall–Kier alpha value is -0.0400. The van der Waals surface area contributed by atoms with E-state index in [9.17, 15) is 0 Å². The van der Waals surface area contributed by atoms with E-state index < -0.39 is 0 Å². The summed E-state index contributed by atoms with van der Waals surface area (Å²) in [6, 6.07) is 0. The normalized spacial score (nSPS) is 13.5. The van der Waals surface area contributed by atoms with E-state index in [2.05, 4.69) is 13.8 Å². The van der Waals surface area contributed by atoms with Crippen LogP contribution in [0.5, 0.6) is 0 Å². The zero-order valence-electron chi connectivity index (χ0n) is 7.40. The third-order valence-corrected chi connectivity index (χ3v) is 2.10. The van der Waals surface area contributed by atoms with Crippen LogP contribution in [0.25, 0.3) is 0 Å². The van der Waals surface area contributed by atoms with Crippen LogP contribution in [0.1, 0.15) is 46.0 Å². The summed E-state index contributed by atoms with van der Waals surface area (Å²) in [5, 5.41) is 0. The summed E-state index contributed by atoms with van der Waals surface area (Å²) in [6.45, 7) is 5.44. The molecule has 0 unspecified atom stereocenters. The molecule has 0 saturated heterocycles. The second-order valence-electron chi connectivity index (χ2n) is 3.15. The van der Waals surface area contributed by atoms with Gasteiger partial charge < -0.3 is 5.73 Å². The molecule has 0 heterocycles. The van der Waals surface area contributed by atoms with Gasteiger partial charge in [0, 0.05) is 0 Å². The van der Waals surface area contributed by atoms with Gasteiger partial charge in [-0.25, -0.2) is 0 Å². The first-order chi connectivity index (χ1) is 4.81. The van der Waals surface area contributed by atoms with Crippen molar-refractivity contribution >= 4 is 0 Å². The number of hydrogen-bond acceptors (Lipinski definition) is 1. The quantitative estimate of drug-likeness (QED) is 0.568. The number of unbranched alkanes of at least 4 members (excludes halogenated alkanes) is 2. The maximum atomic E-state index is 5.38. The van der Waals surface area contributed by atoms with Crippen LogP contribution in [0.3, 0.4) is 0 Å². The standard InChI is InChI=1S/C9H21N/c1-3-9(2)7-5-4-6-8-10/h9H,3-8,10H2,1-2H3/t9-/m1/s1. The van der Waals surface area contributed by atoms with Crippen LogP contribution in [0.2, 0.25) is 0 Å². The number of rotatable bonds is 6. The van der Waals surface area contributed by atoms with E-state index >= 15 is 0 Å². The predicted octanol–water partition coefficient (Wildman–Crippen LogP) is 2.55. The zero-order chi connectivity index (χ0) is 7.82. The summed E-state index contributed by atoms with van der Waals surface area (Å²) >= 11 is 0. The Morgan fingerprint density at radius 3 is 2.40 bits per heavy atom. The Bertz CT molecular complexity index is 61.7. The Labute approximate surface area is 65.0 Å². The Balaban J connectivity index is 2.89. The molecule has 1 atom stereocenters. The summed E-state index contributed by atoms with van der Waals surface area (Å²) in [5.74, 6) is 0.915. The molecule has 2 N–H and O–H groups in total. The summed E-state index contributed by atoms with van der Waals surface area (Å²) in [7, 11) is 0. The monoisotopic (exact) mass is 143 g/mol. The van der Waals surface area contributed by atoms with E-state index in [1.165, 1.54) is 32.1 Å². The average molecular weight is 143 g/mol. The summed E-state index contributed by atoms with van der Waals surface area (Å²) < 4.78 is 0. The van der Waals surface area contributed by atoms with E-state index in [1.807, 2.05) is 0 Å². The third-order valence-electron chi connectivity index (χ3n) is 2.10. The van der Waals surface area contributed by atoms with Gasteiger partial charge in [0.1, 0.15) is 0 Å². The molecule has 10 heavy (non-hydrogen) atoms. The Morgan fingerprint density at radius 2 is 1.90 bits per heavy atom. The van der Waals surface area contributed by atoms with Crippen LogP contribution in [-0.2, 0) is 0 Å². The van der Waals surface area contributed by atoms with Gasteiger partial charge >= 0.3 is 0 Å². The smallest absolute Gasteiger partial charge is 0.00773 e. The molecule has 0 rings (SSSR count). The highest BCUT2D eigenvalue weighted by Crippen LogP contribution is 2.11. The summed E-state index contributed by atoms with van der Waals surface area (Å²) in [4.78, 5) is 0. The molecule has 0 bridgehead atoms. The van der Waals surface area contributed by atoms with Crippen molar-refractivity contribution in [1.82, 2.24) is 0 Å². The van der Waals surface area contributed by atoms with E-state index in [4.69, 9.17) is 5.73 Å². The van der Waals surface area contributed by atoms with Gasteiger partial charge in [0.05, 0.1) is 0 Å². The molecule has 0 aromatic carbocycles. The maximum Gasteiger partial charge on any atom is -0.00773 e. The van der Waals surface area contributed by atoms with E-state index in [0.29, 0.717) is 0 Å². The molecule has 0 aliphatic heterocycles. The second-order valence-corrected chi connectivity index (χ2v) is 3.15. The molecule has 0 radical (unpaired) electrons. The van der Waals surface area contributed by atoms with E-state index in [0.717, 1.165) is 12.5 Å². The van der Waals surface area contributed by atoms with Gasteiger partial charge in [-0.05, 0) is 18.9 Å². The van der Waals surface area contributed by atoms with Gasteiger partial charge in [0.2, 0.25) is 0 Å². The third kappa shape index (κ3) is 6.09. The predicted molar refractivity (Wildman–Crippen MR) is 47.0 cm³/mol. The van der Waals surface area contributed by atoms with Crippen molar-refractivity contribution in [3.05, 3.63) is 0 Å². The van der Waals surface area contributed by atoms with Gasteiger partial charge in [0.25, 0.3) is 0 Å². The van der Waals surface area contributed by atoms with Crippen molar-refractivity contribution in [3.63, 3.8) is 0 Å². The molecular weight excluding hydrogens is 122 g/mol. The first-order valence-electron chi connectivity index (χ1n) is 4.51. The lowest BCUT2D eigenvalue weighted by Crippen LogP contribution is -1.98. The summed E-state index contributed by atoms with van der Waals surface area (Å²) in [5.41, 5.74) is 5.38. The van der Waals surface area contributed by atoms with E-state index in [1.54, 1.807) is 0 Å². The van der Waals surface area contributed by atoms with Crippen molar-refractivity contribution in [1.29, 1.82) is 0 Å². The van der Waals surface area contributed by atoms with Crippen molar-refractivity contribution in [2.45, 2.75) is 46.0 Å². The fourth-order valence-electron chi connectivity index (χ4n) is 1.02. The van der Waals surface area contributed by atoms with Gasteiger partial charge in [-0.2, -0.15) is 0 Å². The highest BCUT2D eigenvalue weighted by Gasteiger charge is 1.96. The largest absolute Gasteiger partial charge is 0.330 e. The zero-order valence-corrected chi connectivity index (χ0v) is 7.40. The molecule has 1 heteroatoms. The van der Waals surface area contributed by atoms with Crippen molar-refractivity contribution in [2.75, 3.05) is 6.54 Å². The molecule has 0 aliphatic rings. The molecule has 0 amide bonds. The highest BCUT2D eigenvalue weighted by molar-refractivity contribution is 4.50. The first-order valence-corrected chi connectivity index (χ1v) is 4.51. The van der Waals surface area contributed by atoms with Crippen LogP contribution in [0.15, 0.2) is 0 Å². The van der Waals surface area contributed by atoms with Gasteiger partial charge in [0.15, 0.2) is 0 Å².